The zero-order chi connectivity index (χ0) is 15.5. The molecule has 2 aromatic heterocycles. The monoisotopic (exact) mass is 408 g/mol. The van der Waals surface area contributed by atoms with Gasteiger partial charge in [-0.2, -0.15) is 0 Å². The molecule has 0 fully saturated rings. The van der Waals surface area contributed by atoms with E-state index < -0.39 is 22.0 Å². The fraction of sp³-hybridized carbons (Fsp3) is 0. The van der Waals surface area contributed by atoms with Crippen LogP contribution in [0.5, 0.6) is 11.5 Å². The Morgan fingerprint density at radius 1 is 0.609 bits per heavy atom. The molecule has 4 aromatic rings. The van der Waals surface area contributed by atoms with Crippen LogP contribution in [0.25, 0.3) is 21.8 Å². The van der Waals surface area contributed by atoms with Gasteiger partial charge in [-0.15, -0.1) is 0 Å². The van der Waals surface area contributed by atoms with Crippen LogP contribution in [-0.4, -0.2) is 31.9 Å². The van der Waals surface area contributed by atoms with Crippen LogP contribution in [0.3, 0.4) is 0 Å². The Morgan fingerprint density at radius 2 is 1.09 bits per heavy atom. The third-order valence-electron chi connectivity index (χ3n) is 3.49. The molecule has 2 radical (unpaired) electrons. The number of hydrogen-bond donors (Lipinski definition) is 0. The zero-order valence-corrected chi connectivity index (χ0v) is 15.0. The van der Waals surface area contributed by atoms with E-state index in [1.165, 1.54) is 0 Å². The van der Waals surface area contributed by atoms with Gasteiger partial charge < -0.3 is 0 Å². The Kier molecular flexibility index (Phi) is 3.98. The van der Waals surface area contributed by atoms with Gasteiger partial charge in [-0.25, -0.2) is 0 Å². The van der Waals surface area contributed by atoms with Crippen LogP contribution in [0.15, 0.2) is 73.1 Å². The molecule has 110 valence electrons. The van der Waals surface area contributed by atoms with Crippen LogP contribution in [0, 0.1) is 0 Å². The molecule has 0 atom stereocenters. The molecule has 0 spiro atoms. The number of para-hydroxylation sites is 2. The first-order valence-electron chi connectivity index (χ1n) is 7.18. The van der Waals surface area contributed by atoms with E-state index in [1.54, 1.807) is 12.4 Å². The molecule has 0 bridgehead atoms. The van der Waals surface area contributed by atoms with Gasteiger partial charge in [0, 0.05) is 0 Å². The Labute approximate surface area is 144 Å². The van der Waals surface area contributed by atoms with Crippen LogP contribution >= 0.6 is 0 Å². The van der Waals surface area contributed by atoms with Crippen LogP contribution in [0.2, 0.25) is 0 Å². The molecule has 0 saturated carbocycles. The molecular weight excluding hydrogens is 395 g/mol. The molecule has 4 rings (SSSR count). The summed E-state index contributed by atoms with van der Waals surface area (Å²) >= 11 is -1.54. The molecule has 5 heteroatoms. The number of fused-ring (bicyclic) bond motifs is 2. The molecule has 23 heavy (non-hydrogen) atoms. The molecule has 2 heterocycles. The van der Waals surface area contributed by atoms with Crippen molar-refractivity contribution in [1.29, 1.82) is 0 Å². The minimum atomic E-state index is -1.54. The molecule has 0 aliphatic heterocycles. The predicted molar refractivity (Wildman–Crippen MR) is 90.5 cm³/mol. The van der Waals surface area contributed by atoms with Crippen molar-refractivity contribution in [3.63, 3.8) is 0 Å². The Bertz CT molecular complexity index is 885. The molecule has 2 aromatic carbocycles. The Balaban J connectivity index is 1.55. The van der Waals surface area contributed by atoms with Gasteiger partial charge in [-0.3, -0.25) is 0 Å². The number of hydrogen-bond acceptors (Lipinski definition) is 4. The van der Waals surface area contributed by atoms with E-state index in [0.717, 1.165) is 33.3 Å². The summed E-state index contributed by atoms with van der Waals surface area (Å²) in [6, 6.07) is 19.7. The molecule has 0 N–H and O–H groups in total. The van der Waals surface area contributed by atoms with Crippen molar-refractivity contribution in [2.24, 2.45) is 0 Å². The van der Waals surface area contributed by atoms with Gasteiger partial charge in [0.2, 0.25) is 0 Å². The SMILES string of the molecule is c1cnc2c([O][Sn][O]c3cccc4cccnc34)cccc2c1. The summed E-state index contributed by atoms with van der Waals surface area (Å²) in [7, 11) is 0. The van der Waals surface area contributed by atoms with E-state index in [2.05, 4.69) is 9.97 Å². The van der Waals surface area contributed by atoms with Crippen LogP contribution in [0.1, 0.15) is 0 Å². The third-order valence-corrected chi connectivity index (χ3v) is 5.23. The fourth-order valence-electron chi connectivity index (χ4n) is 2.43. The van der Waals surface area contributed by atoms with Crippen molar-refractivity contribution in [1.82, 2.24) is 9.97 Å². The van der Waals surface area contributed by atoms with Crippen molar-refractivity contribution < 1.29 is 6.15 Å². The zero-order valence-electron chi connectivity index (χ0n) is 12.1. The third kappa shape index (κ3) is 2.94. The summed E-state index contributed by atoms with van der Waals surface area (Å²) in [5, 5.41) is 2.13. The van der Waals surface area contributed by atoms with Gasteiger partial charge in [-0.05, 0) is 0 Å². The molecule has 0 amide bonds. The summed E-state index contributed by atoms with van der Waals surface area (Å²) in [4.78, 5) is 8.78. The summed E-state index contributed by atoms with van der Waals surface area (Å²) in [5.41, 5.74) is 1.74. The van der Waals surface area contributed by atoms with E-state index in [0.29, 0.717) is 0 Å². The quantitative estimate of drug-likeness (QED) is 0.484. The van der Waals surface area contributed by atoms with Gasteiger partial charge in [0.15, 0.2) is 0 Å². The molecule has 0 aliphatic carbocycles. The van der Waals surface area contributed by atoms with E-state index >= 15 is 0 Å². The van der Waals surface area contributed by atoms with Crippen molar-refractivity contribution in [2.75, 3.05) is 0 Å². The van der Waals surface area contributed by atoms with Crippen LogP contribution in [0.4, 0.5) is 0 Å². The van der Waals surface area contributed by atoms with Crippen LogP contribution in [-0.2, 0) is 0 Å². The average Bonchev–Trinajstić information content (AvgIpc) is 2.62. The first kappa shape index (κ1) is 14.3. The topological polar surface area (TPSA) is 44.2 Å². The summed E-state index contributed by atoms with van der Waals surface area (Å²) < 4.78 is 11.9. The van der Waals surface area contributed by atoms with Gasteiger partial charge in [0.25, 0.3) is 0 Å². The maximum atomic E-state index is 5.93. The molecule has 0 aliphatic rings. The standard InChI is InChI=1S/2C9H7NO.Sn/c2*11-8-5-1-3-7-4-2-6-10-9(7)8;/h2*1-6,11H;/q;;+2/p-2. The van der Waals surface area contributed by atoms with E-state index in [9.17, 15) is 0 Å². The van der Waals surface area contributed by atoms with E-state index in [4.69, 9.17) is 6.15 Å². The average molecular weight is 407 g/mol. The first-order chi connectivity index (χ1) is 11.4. The summed E-state index contributed by atoms with van der Waals surface area (Å²) in [6.07, 6.45) is 3.55. The molecule has 0 saturated heterocycles. The first-order valence-corrected chi connectivity index (χ1v) is 9.51. The van der Waals surface area contributed by atoms with Gasteiger partial charge in [0.1, 0.15) is 0 Å². The fourth-order valence-corrected chi connectivity index (χ4v) is 4.00. The van der Waals surface area contributed by atoms with E-state index in [-0.39, 0.29) is 0 Å². The summed E-state index contributed by atoms with van der Waals surface area (Å²) in [6.45, 7) is 0. The van der Waals surface area contributed by atoms with Crippen molar-refractivity contribution in [3.8, 4) is 11.5 Å². The number of benzene rings is 2. The second kappa shape index (κ2) is 6.42. The van der Waals surface area contributed by atoms with Crippen molar-refractivity contribution in [2.45, 2.75) is 0 Å². The number of pyridine rings is 2. The predicted octanol–water partition coefficient (Wildman–Crippen LogP) is 3.78. The van der Waals surface area contributed by atoms with Crippen molar-refractivity contribution >= 4 is 43.8 Å². The second-order valence-corrected chi connectivity index (χ2v) is 6.59. The number of aromatic nitrogens is 2. The molecule has 0 unspecified atom stereocenters. The van der Waals surface area contributed by atoms with Gasteiger partial charge in [0.05, 0.1) is 0 Å². The van der Waals surface area contributed by atoms with Gasteiger partial charge >= 0.3 is 144 Å². The molecular formula is C18H12N2O2Sn. The maximum absolute atomic E-state index is 5.93. The Hall–Kier alpha value is -2.34. The van der Waals surface area contributed by atoms with Crippen molar-refractivity contribution in [3.05, 3.63) is 73.1 Å². The Morgan fingerprint density at radius 3 is 1.61 bits per heavy atom. The second-order valence-electron chi connectivity index (χ2n) is 4.95. The molecule has 4 nitrogen and oxygen atoms in total. The number of rotatable bonds is 4. The minimum absolute atomic E-state index is 0.780. The normalized spacial score (nSPS) is 10.8. The summed E-state index contributed by atoms with van der Waals surface area (Å²) in [5.74, 6) is 1.56. The van der Waals surface area contributed by atoms with Gasteiger partial charge in [-0.1, -0.05) is 0 Å². The van der Waals surface area contributed by atoms with Crippen LogP contribution < -0.4 is 6.15 Å². The van der Waals surface area contributed by atoms with E-state index in [1.807, 2.05) is 60.7 Å². The number of nitrogens with zero attached hydrogens (tertiary/aromatic N) is 2.